The van der Waals surface area contributed by atoms with E-state index in [0.717, 1.165) is 5.56 Å². The van der Waals surface area contributed by atoms with Crippen molar-refractivity contribution in [3.05, 3.63) is 88.1 Å². The van der Waals surface area contributed by atoms with Crippen LogP contribution in [0.3, 0.4) is 0 Å². The van der Waals surface area contributed by atoms with Crippen LogP contribution in [0.4, 0.5) is 10.1 Å². The highest BCUT2D eigenvalue weighted by Gasteiger charge is 2.19. The van der Waals surface area contributed by atoms with Crippen LogP contribution >= 0.6 is 0 Å². The molecule has 1 heterocycles. The van der Waals surface area contributed by atoms with Crippen LogP contribution in [0.5, 0.6) is 0 Å². The van der Waals surface area contributed by atoms with E-state index in [1.165, 1.54) is 46.1 Å². The summed E-state index contributed by atoms with van der Waals surface area (Å²) in [6, 6.07) is 14.0. The predicted octanol–water partition coefficient (Wildman–Crippen LogP) is 2.11. The van der Waals surface area contributed by atoms with E-state index in [2.05, 4.69) is 5.10 Å². The molecule has 7 heteroatoms. The van der Waals surface area contributed by atoms with Crippen molar-refractivity contribution in [2.45, 2.75) is 6.54 Å². The molecule has 3 rings (SSSR count). The molecule has 3 aromatic rings. The summed E-state index contributed by atoms with van der Waals surface area (Å²) in [5.74, 6) is -0.918. The molecule has 0 spiro atoms. The lowest BCUT2D eigenvalue weighted by molar-refractivity contribution is 0.0985. The second-order valence-electron chi connectivity index (χ2n) is 5.68. The minimum absolute atomic E-state index is 0.220. The summed E-state index contributed by atoms with van der Waals surface area (Å²) in [5.41, 5.74) is 6.95. The number of carbonyl (C=O) groups is 1. The number of nitrogens with two attached hydrogens (primary N) is 1. The van der Waals surface area contributed by atoms with Gasteiger partial charge in [-0.1, -0.05) is 12.1 Å². The third-order valence-electron chi connectivity index (χ3n) is 3.97. The number of hydrogen-bond acceptors (Lipinski definition) is 4. The summed E-state index contributed by atoms with van der Waals surface area (Å²) in [6.07, 6.45) is 1.43. The molecule has 2 N–H and O–H groups in total. The fourth-order valence-corrected chi connectivity index (χ4v) is 2.43. The first kappa shape index (κ1) is 17.5. The van der Waals surface area contributed by atoms with E-state index in [-0.39, 0.29) is 11.5 Å². The molecule has 26 heavy (non-hydrogen) atoms. The van der Waals surface area contributed by atoms with Gasteiger partial charge in [0.15, 0.2) is 5.69 Å². The van der Waals surface area contributed by atoms with E-state index in [9.17, 15) is 14.0 Å². The number of hydrogen-bond donors (Lipinski definition) is 1. The standard InChI is InChI=1S/C19H17FN4O2/c1-23(15-6-2-13(12-21)3-7-15)19(26)18-17(25)10-11-24(22-18)16-8-4-14(20)5-9-16/h2-11H,12,21H2,1H3. The molecule has 0 aliphatic carbocycles. The Kier molecular flexibility index (Phi) is 4.90. The number of rotatable bonds is 4. The first-order valence-corrected chi connectivity index (χ1v) is 7.92. The Bertz CT molecular complexity index is 982. The van der Waals surface area contributed by atoms with Crippen LogP contribution in [0.1, 0.15) is 16.1 Å². The van der Waals surface area contributed by atoms with Crippen LogP contribution in [-0.4, -0.2) is 22.7 Å². The Balaban J connectivity index is 1.94. The Morgan fingerprint density at radius 1 is 1.12 bits per heavy atom. The fourth-order valence-electron chi connectivity index (χ4n) is 2.43. The third-order valence-corrected chi connectivity index (χ3v) is 3.97. The molecule has 132 valence electrons. The zero-order valence-corrected chi connectivity index (χ0v) is 14.1. The van der Waals surface area contributed by atoms with Gasteiger partial charge in [0.2, 0.25) is 5.43 Å². The van der Waals surface area contributed by atoms with Crippen molar-refractivity contribution < 1.29 is 9.18 Å². The third kappa shape index (κ3) is 3.52. The van der Waals surface area contributed by atoms with Crippen molar-refractivity contribution in [1.82, 2.24) is 9.78 Å². The van der Waals surface area contributed by atoms with Crippen LogP contribution in [0, 0.1) is 5.82 Å². The van der Waals surface area contributed by atoms with Gasteiger partial charge in [-0.3, -0.25) is 9.59 Å². The Hall–Kier alpha value is -3.32. The van der Waals surface area contributed by atoms with Gasteiger partial charge >= 0.3 is 0 Å². The van der Waals surface area contributed by atoms with Gasteiger partial charge in [0.1, 0.15) is 5.82 Å². The molecule has 1 aromatic heterocycles. The number of anilines is 1. The zero-order valence-electron chi connectivity index (χ0n) is 14.1. The van der Waals surface area contributed by atoms with Gasteiger partial charge < -0.3 is 10.6 Å². The minimum Gasteiger partial charge on any atom is -0.326 e. The lowest BCUT2D eigenvalue weighted by atomic mass is 10.2. The lowest BCUT2D eigenvalue weighted by Gasteiger charge is -2.17. The largest absolute Gasteiger partial charge is 0.326 e. The van der Waals surface area contributed by atoms with E-state index >= 15 is 0 Å². The van der Waals surface area contributed by atoms with Gasteiger partial charge in [0.25, 0.3) is 5.91 Å². The number of halogens is 1. The molecule has 0 atom stereocenters. The zero-order chi connectivity index (χ0) is 18.7. The Labute approximate surface area is 149 Å². The molecule has 0 bridgehead atoms. The SMILES string of the molecule is CN(C(=O)c1nn(-c2ccc(F)cc2)ccc1=O)c1ccc(CN)cc1. The van der Waals surface area contributed by atoms with Crippen LogP contribution in [0.25, 0.3) is 5.69 Å². The molecular formula is C19H17FN4O2. The van der Waals surface area contributed by atoms with Gasteiger partial charge in [-0.05, 0) is 42.0 Å². The summed E-state index contributed by atoms with van der Waals surface area (Å²) in [6.45, 7) is 0.403. The second kappa shape index (κ2) is 7.28. The maximum Gasteiger partial charge on any atom is 0.282 e. The smallest absolute Gasteiger partial charge is 0.282 e. The summed E-state index contributed by atoms with van der Waals surface area (Å²) >= 11 is 0. The average molecular weight is 352 g/mol. The van der Waals surface area contributed by atoms with Crippen molar-refractivity contribution in [2.24, 2.45) is 5.73 Å². The molecule has 0 radical (unpaired) electrons. The molecule has 6 nitrogen and oxygen atoms in total. The number of benzene rings is 2. The molecule has 0 aliphatic heterocycles. The first-order valence-electron chi connectivity index (χ1n) is 7.92. The Morgan fingerprint density at radius 2 is 1.77 bits per heavy atom. The fraction of sp³-hybridized carbons (Fsp3) is 0.105. The molecule has 2 aromatic carbocycles. The van der Waals surface area contributed by atoms with Crippen LogP contribution in [-0.2, 0) is 6.54 Å². The molecule has 0 saturated heterocycles. The molecule has 0 fully saturated rings. The Morgan fingerprint density at radius 3 is 2.38 bits per heavy atom. The van der Waals surface area contributed by atoms with Gasteiger partial charge in [-0.15, -0.1) is 0 Å². The van der Waals surface area contributed by atoms with E-state index < -0.39 is 11.3 Å². The molecular weight excluding hydrogens is 335 g/mol. The highest BCUT2D eigenvalue weighted by molar-refractivity contribution is 6.04. The summed E-state index contributed by atoms with van der Waals surface area (Å²) in [4.78, 5) is 26.2. The van der Waals surface area contributed by atoms with Crippen LogP contribution in [0.2, 0.25) is 0 Å². The molecule has 1 amide bonds. The van der Waals surface area contributed by atoms with Crippen molar-refractivity contribution in [1.29, 1.82) is 0 Å². The van der Waals surface area contributed by atoms with Crippen molar-refractivity contribution in [3.63, 3.8) is 0 Å². The monoisotopic (exact) mass is 352 g/mol. The highest BCUT2D eigenvalue weighted by Crippen LogP contribution is 2.15. The molecule has 0 unspecified atom stereocenters. The summed E-state index contributed by atoms with van der Waals surface area (Å²) < 4.78 is 14.4. The highest BCUT2D eigenvalue weighted by atomic mass is 19.1. The van der Waals surface area contributed by atoms with E-state index in [1.807, 2.05) is 12.1 Å². The number of nitrogens with zero attached hydrogens (tertiary/aromatic N) is 3. The minimum atomic E-state index is -0.535. The van der Waals surface area contributed by atoms with Gasteiger partial charge in [-0.25, -0.2) is 9.07 Å². The quantitative estimate of drug-likeness (QED) is 0.780. The summed E-state index contributed by atoms with van der Waals surface area (Å²) in [5, 5.41) is 4.12. The van der Waals surface area contributed by atoms with E-state index in [1.54, 1.807) is 19.2 Å². The number of aromatic nitrogens is 2. The number of carbonyl (C=O) groups excluding carboxylic acids is 1. The van der Waals surface area contributed by atoms with Gasteiger partial charge in [0, 0.05) is 31.5 Å². The maximum absolute atomic E-state index is 13.1. The van der Waals surface area contributed by atoms with E-state index in [4.69, 9.17) is 5.73 Å². The average Bonchev–Trinajstić information content (AvgIpc) is 2.68. The maximum atomic E-state index is 13.1. The normalized spacial score (nSPS) is 10.6. The van der Waals surface area contributed by atoms with E-state index in [0.29, 0.717) is 17.9 Å². The topological polar surface area (TPSA) is 81.2 Å². The first-order chi connectivity index (χ1) is 12.5. The summed E-state index contributed by atoms with van der Waals surface area (Å²) in [7, 11) is 1.57. The van der Waals surface area contributed by atoms with Crippen LogP contribution < -0.4 is 16.1 Å². The van der Waals surface area contributed by atoms with Crippen molar-refractivity contribution in [3.8, 4) is 5.69 Å². The van der Waals surface area contributed by atoms with Crippen molar-refractivity contribution >= 4 is 11.6 Å². The van der Waals surface area contributed by atoms with Gasteiger partial charge in [-0.2, -0.15) is 5.10 Å². The number of amides is 1. The second-order valence-corrected chi connectivity index (χ2v) is 5.68. The van der Waals surface area contributed by atoms with Gasteiger partial charge in [0.05, 0.1) is 5.69 Å². The molecule has 0 aliphatic rings. The predicted molar refractivity (Wildman–Crippen MR) is 96.9 cm³/mol. The lowest BCUT2D eigenvalue weighted by Crippen LogP contribution is -2.33. The van der Waals surface area contributed by atoms with Crippen LogP contribution in [0.15, 0.2) is 65.6 Å². The molecule has 0 saturated carbocycles. The van der Waals surface area contributed by atoms with Crippen molar-refractivity contribution in [2.75, 3.05) is 11.9 Å².